The van der Waals surface area contributed by atoms with Crippen molar-refractivity contribution in [3.63, 3.8) is 0 Å². The molecule has 1 aromatic heterocycles. The van der Waals surface area contributed by atoms with Crippen molar-refractivity contribution < 1.29 is 4.79 Å². The molecule has 0 N–H and O–H groups in total. The molecule has 25 heavy (non-hydrogen) atoms. The van der Waals surface area contributed by atoms with Gasteiger partial charge in [0.2, 0.25) is 5.91 Å². The number of hydrogen-bond donors (Lipinski definition) is 0. The molecule has 1 aliphatic rings. The zero-order valence-electron chi connectivity index (χ0n) is 15.2. The van der Waals surface area contributed by atoms with Gasteiger partial charge in [0, 0.05) is 25.0 Å². The Hall–Kier alpha value is -2.20. The van der Waals surface area contributed by atoms with E-state index in [1.54, 1.807) is 12.4 Å². The quantitative estimate of drug-likeness (QED) is 0.841. The van der Waals surface area contributed by atoms with Gasteiger partial charge in [0.1, 0.15) is 0 Å². The molecule has 1 aliphatic heterocycles. The van der Waals surface area contributed by atoms with Gasteiger partial charge >= 0.3 is 0 Å². The van der Waals surface area contributed by atoms with E-state index in [9.17, 15) is 4.79 Å². The zero-order valence-corrected chi connectivity index (χ0v) is 15.2. The van der Waals surface area contributed by atoms with Gasteiger partial charge in [-0.2, -0.15) is 0 Å². The normalized spacial score (nSPS) is 15.9. The highest BCUT2D eigenvalue weighted by Gasteiger charge is 2.27. The number of nitrogens with zero attached hydrogens (tertiary/aromatic N) is 3. The molecular formula is C21H27N3O. The summed E-state index contributed by atoms with van der Waals surface area (Å²) in [6.07, 6.45) is 6.04. The number of aryl methyl sites for hydroxylation is 1. The zero-order chi connectivity index (χ0) is 17.6. The van der Waals surface area contributed by atoms with Crippen LogP contribution in [0.5, 0.6) is 0 Å². The van der Waals surface area contributed by atoms with Gasteiger partial charge < -0.3 is 9.80 Å². The van der Waals surface area contributed by atoms with E-state index >= 15 is 0 Å². The molecule has 0 bridgehead atoms. The Balaban J connectivity index is 1.75. The maximum Gasteiger partial charge on any atom is 0.227 e. The van der Waals surface area contributed by atoms with Crippen molar-refractivity contribution >= 4 is 5.91 Å². The molecule has 1 saturated heterocycles. The third-order valence-corrected chi connectivity index (χ3v) is 5.03. The van der Waals surface area contributed by atoms with Gasteiger partial charge in [-0.05, 0) is 63.2 Å². The Morgan fingerprint density at radius 1 is 1.08 bits per heavy atom. The van der Waals surface area contributed by atoms with Crippen LogP contribution >= 0.6 is 0 Å². The Labute approximate surface area is 150 Å². The van der Waals surface area contributed by atoms with Crippen LogP contribution in [-0.2, 0) is 17.8 Å². The van der Waals surface area contributed by atoms with Crippen LogP contribution in [0, 0.1) is 6.92 Å². The van der Waals surface area contributed by atoms with Gasteiger partial charge in [0.25, 0.3) is 0 Å². The van der Waals surface area contributed by atoms with E-state index < -0.39 is 0 Å². The van der Waals surface area contributed by atoms with E-state index in [2.05, 4.69) is 53.0 Å². The highest BCUT2D eigenvalue weighted by molar-refractivity contribution is 5.79. The molecule has 1 aromatic carbocycles. The SMILES string of the molecule is Cc1ccc(CN(C(=O)Cc2ccncc2)C2CCN(C)CC2)cc1. The summed E-state index contributed by atoms with van der Waals surface area (Å²) in [5.74, 6) is 0.210. The highest BCUT2D eigenvalue weighted by atomic mass is 16.2. The third-order valence-electron chi connectivity index (χ3n) is 5.03. The lowest BCUT2D eigenvalue weighted by molar-refractivity contribution is -0.134. The first kappa shape index (κ1) is 17.6. The van der Waals surface area contributed by atoms with Gasteiger partial charge in [-0.15, -0.1) is 0 Å². The van der Waals surface area contributed by atoms with Crippen LogP contribution in [-0.4, -0.2) is 46.9 Å². The Morgan fingerprint density at radius 3 is 2.36 bits per heavy atom. The summed E-state index contributed by atoms with van der Waals surface area (Å²) in [6.45, 7) is 4.89. The summed E-state index contributed by atoms with van der Waals surface area (Å²) >= 11 is 0. The van der Waals surface area contributed by atoms with E-state index in [0.717, 1.165) is 31.5 Å². The molecule has 0 radical (unpaired) electrons. The van der Waals surface area contributed by atoms with Crippen LogP contribution in [0.2, 0.25) is 0 Å². The molecule has 3 rings (SSSR count). The highest BCUT2D eigenvalue weighted by Crippen LogP contribution is 2.20. The van der Waals surface area contributed by atoms with E-state index in [1.807, 2.05) is 12.1 Å². The van der Waals surface area contributed by atoms with Gasteiger partial charge in [-0.3, -0.25) is 9.78 Å². The summed E-state index contributed by atoms with van der Waals surface area (Å²) < 4.78 is 0. The first-order valence-corrected chi connectivity index (χ1v) is 9.04. The van der Waals surface area contributed by atoms with Gasteiger partial charge in [-0.1, -0.05) is 29.8 Å². The second-order valence-corrected chi connectivity index (χ2v) is 7.07. The summed E-state index contributed by atoms with van der Waals surface area (Å²) in [4.78, 5) is 21.5. The summed E-state index contributed by atoms with van der Waals surface area (Å²) in [5, 5.41) is 0. The van der Waals surface area contributed by atoms with Crippen LogP contribution in [0.15, 0.2) is 48.8 Å². The average molecular weight is 337 g/mol. The summed E-state index contributed by atoms with van der Waals surface area (Å²) in [6, 6.07) is 12.7. The van der Waals surface area contributed by atoms with Crippen molar-refractivity contribution in [3.05, 3.63) is 65.5 Å². The van der Waals surface area contributed by atoms with E-state index in [-0.39, 0.29) is 5.91 Å². The van der Waals surface area contributed by atoms with E-state index in [1.165, 1.54) is 11.1 Å². The number of likely N-dealkylation sites (tertiary alicyclic amines) is 1. The molecule has 0 unspecified atom stereocenters. The minimum Gasteiger partial charge on any atom is -0.335 e. The predicted octanol–water partition coefficient (Wildman–Crippen LogP) is 3.06. The fraction of sp³-hybridized carbons (Fsp3) is 0.429. The van der Waals surface area contributed by atoms with Crippen LogP contribution in [0.1, 0.15) is 29.5 Å². The molecular weight excluding hydrogens is 310 g/mol. The minimum absolute atomic E-state index is 0.210. The first-order chi connectivity index (χ1) is 12.1. The van der Waals surface area contributed by atoms with E-state index in [0.29, 0.717) is 19.0 Å². The van der Waals surface area contributed by atoms with Crippen molar-refractivity contribution in [3.8, 4) is 0 Å². The van der Waals surface area contributed by atoms with Crippen LogP contribution in [0.4, 0.5) is 0 Å². The number of amides is 1. The van der Waals surface area contributed by atoms with E-state index in [4.69, 9.17) is 0 Å². The average Bonchev–Trinajstić information content (AvgIpc) is 2.63. The number of aromatic nitrogens is 1. The smallest absolute Gasteiger partial charge is 0.227 e. The van der Waals surface area contributed by atoms with Crippen LogP contribution in [0.3, 0.4) is 0 Å². The fourth-order valence-electron chi connectivity index (χ4n) is 3.39. The van der Waals surface area contributed by atoms with Gasteiger partial charge in [0.15, 0.2) is 0 Å². The molecule has 2 heterocycles. The number of rotatable bonds is 5. The Kier molecular flexibility index (Phi) is 5.82. The second kappa shape index (κ2) is 8.26. The topological polar surface area (TPSA) is 36.4 Å². The van der Waals surface area contributed by atoms with Crippen LogP contribution in [0.25, 0.3) is 0 Å². The van der Waals surface area contributed by atoms with Crippen molar-refractivity contribution in [2.24, 2.45) is 0 Å². The first-order valence-electron chi connectivity index (χ1n) is 9.04. The molecule has 4 nitrogen and oxygen atoms in total. The van der Waals surface area contributed by atoms with Gasteiger partial charge in [0.05, 0.1) is 6.42 Å². The third kappa shape index (κ3) is 4.89. The molecule has 2 aromatic rings. The number of carbonyl (C=O) groups is 1. The monoisotopic (exact) mass is 337 g/mol. The standard InChI is InChI=1S/C21H27N3O/c1-17-3-5-19(6-4-17)16-24(20-9-13-23(2)14-10-20)21(25)15-18-7-11-22-12-8-18/h3-8,11-12,20H,9-10,13-16H2,1-2H3. The minimum atomic E-state index is 0.210. The Bertz CT molecular complexity index is 676. The predicted molar refractivity (Wildman–Crippen MR) is 100 cm³/mol. The van der Waals surface area contributed by atoms with Crippen molar-refractivity contribution in [2.45, 2.75) is 38.8 Å². The molecule has 1 fully saturated rings. The largest absolute Gasteiger partial charge is 0.335 e. The molecule has 132 valence electrons. The number of piperidine rings is 1. The van der Waals surface area contributed by atoms with Crippen LogP contribution < -0.4 is 0 Å². The number of carbonyl (C=O) groups excluding carboxylic acids is 1. The number of hydrogen-bond acceptors (Lipinski definition) is 3. The van der Waals surface area contributed by atoms with Crippen molar-refractivity contribution in [1.82, 2.24) is 14.8 Å². The van der Waals surface area contributed by atoms with Crippen molar-refractivity contribution in [1.29, 1.82) is 0 Å². The van der Waals surface area contributed by atoms with Crippen molar-refractivity contribution in [2.75, 3.05) is 20.1 Å². The molecule has 0 aliphatic carbocycles. The molecule has 0 atom stereocenters. The lowest BCUT2D eigenvalue weighted by Crippen LogP contribution is -2.46. The number of pyridine rings is 1. The maximum absolute atomic E-state index is 13.1. The summed E-state index contributed by atoms with van der Waals surface area (Å²) in [5.41, 5.74) is 3.48. The number of benzene rings is 1. The Morgan fingerprint density at radius 2 is 1.72 bits per heavy atom. The summed E-state index contributed by atoms with van der Waals surface area (Å²) in [7, 11) is 2.15. The van der Waals surface area contributed by atoms with Gasteiger partial charge in [-0.25, -0.2) is 0 Å². The fourth-order valence-corrected chi connectivity index (χ4v) is 3.39. The molecule has 4 heteroatoms. The lowest BCUT2D eigenvalue weighted by atomic mass is 10.0. The molecule has 0 spiro atoms. The second-order valence-electron chi connectivity index (χ2n) is 7.07. The molecule has 1 amide bonds. The maximum atomic E-state index is 13.1. The molecule has 0 saturated carbocycles. The lowest BCUT2D eigenvalue weighted by Gasteiger charge is -2.37.